The van der Waals surface area contributed by atoms with Gasteiger partial charge in [0, 0.05) is 18.1 Å². The van der Waals surface area contributed by atoms with Crippen molar-refractivity contribution in [3.05, 3.63) is 90.5 Å². The molecular formula is C19H17FN2O. The lowest BCUT2D eigenvalue weighted by molar-refractivity contribution is -0.116. The number of para-hydroxylation sites is 1. The Bertz CT molecular complexity index is 752. The molecule has 23 heavy (non-hydrogen) atoms. The highest BCUT2D eigenvalue weighted by molar-refractivity contribution is 5.91. The molecule has 1 heterocycles. The number of nitrogens with one attached hydrogen (secondary N) is 1. The van der Waals surface area contributed by atoms with Gasteiger partial charge in [-0.1, -0.05) is 30.3 Å². The number of benzene rings is 2. The minimum absolute atomic E-state index is 0.0841. The molecule has 3 aromatic rings. The normalized spacial score (nSPS) is 11.9. The summed E-state index contributed by atoms with van der Waals surface area (Å²) in [5, 5.41) is 2.89. The molecule has 4 heteroatoms. The van der Waals surface area contributed by atoms with E-state index >= 15 is 0 Å². The van der Waals surface area contributed by atoms with Gasteiger partial charge in [-0.3, -0.25) is 4.79 Å². The van der Waals surface area contributed by atoms with Crippen molar-refractivity contribution in [1.82, 2.24) is 4.57 Å². The average Bonchev–Trinajstić information content (AvgIpc) is 3.09. The molecule has 3 rings (SSSR count). The number of nitrogens with zero attached hydrogens (tertiary/aromatic N) is 1. The Morgan fingerprint density at radius 3 is 2.26 bits per heavy atom. The van der Waals surface area contributed by atoms with E-state index < -0.39 is 0 Å². The van der Waals surface area contributed by atoms with Crippen LogP contribution in [0.5, 0.6) is 0 Å². The second-order valence-corrected chi connectivity index (χ2v) is 5.32. The summed E-state index contributed by atoms with van der Waals surface area (Å²) in [7, 11) is 0. The Balaban J connectivity index is 1.79. The summed E-state index contributed by atoms with van der Waals surface area (Å²) >= 11 is 0. The number of hydrogen-bond donors (Lipinski definition) is 1. The zero-order valence-corrected chi connectivity index (χ0v) is 12.5. The second kappa shape index (κ2) is 6.92. The van der Waals surface area contributed by atoms with Gasteiger partial charge in [-0.05, 0) is 42.0 Å². The fourth-order valence-electron chi connectivity index (χ4n) is 2.55. The number of anilines is 1. The predicted octanol–water partition coefficient (Wildman–Crippen LogP) is 4.25. The first-order valence-corrected chi connectivity index (χ1v) is 7.45. The van der Waals surface area contributed by atoms with E-state index in [0.717, 1.165) is 11.3 Å². The first kappa shape index (κ1) is 15.0. The Kier molecular flexibility index (Phi) is 4.52. The minimum Gasteiger partial charge on any atom is -0.346 e. The molecule has 3 nitrogen and oxygen atoms in total. The van der Waals surface area contributed by atoms with Crippen LogP contribution in [0.25, 0.3) is 0 Å². The Hall–Kier alpha value is -2.88. The largest absolute Gasteiger partial charge is 0.346 e. The van der Waals surface area contributed by atoms with E-state index in [9.17, 15) is 9.18 Å². The van der Waals surface area contributed by atoms with Gasteiger partial charge in [-0.25, -0.2) is 4.39 Å². The predicted molar refractivity (Wildman–Crippen MR) is 88.7 cm³/mol. The van der Waals surface area contributed by atoms with Crippen LogP contribution in [-0.2, 0) is 4.79 Å². The van der Waals surface area contributed by atoms with Crippen LogP contribution in [0, 0.1) is 5.82 Å². The van der Waals surface area contributed by atoms with Crippen molar-refractivity contribution in [2.24, 2.45) is 0 Å². The number of halogens is 1. The zero-order chi connectivity index (χ0) is 16.1. The highest BCUT2D eigenvalue weighted by Crippen LogP contribution is 2.23. The average molecular weight is 308 g/mol. The van der Waals surface area contributed by atoms with E-state index in [4.69, 9.17) is 0 Å². The molecule has 0 radical (unpaired) electrons. The van der Waals surface area contributed by atoms with Crippen molar-refractivity contribution in [2.75, 3.05) is 5.32 Å². The van der Waals surface area contributed by atoms with Crippen LogP contribution in [0.4, 0.5) is 10.1 Å². The van der Waals surface area contributed by atoms with E-state index in [0.29, 0.717) is 0 Å². The van der Waals surface area contributed by atoms with Crippen LogP contribution in [0.3, 0.4) is 0 Å². The van der Waals surface area contributed by atoms with Crippen LogP contribution >= 0.6 is 0 Å². The number of carbonyl (C=O) groups is 1. The first-order valence-electron chi connectivity index (χ1n) is 7.45. The standard InChI is InChI=1S/C19H17FN2O/c20-16-10-8-15(9-11-16)18(22-12-4-5-13-22)14-19(23)21-17-6-2-1-3-7-17/h1-13,18H,14H2,(H,21,23)/t18-/m0/s1. The summed E-state index contributed by atoms with van der Waals surface area (Å²) in [6, 6.07) is 19.3. The highest BCUT2D eigenvalue weighted by Gasteiger charge is 2.17. The van der Waals surface area contributed by atoms with Crippen molar-refractivity contribution in [3.63, 3.8) is 0 Å². The van der Waals surface area contributed by atoms with Gasteiger partial charge < -0.3 is 9.88 Å². The molecule has 1 amide bonds. The maximum atomic E-state index is 13.2. The molecular weight excluding hydrogens is 291 g/mol. The van der Waals surface area contributed by atoms with Crippen LogP contribution in [0.15, 0.2) is 79.1 Å². The van der Waals surface area contributed by atoms with Crippen molar-refractivity contribution >= 4 is 11.6 Å². The third kappa shape index (κ3) is 3.86. The van der Waals surface area contributed by atoms with E-state index in [-0.39, 0.29) is 24.2 Å². The van der Waals surface area contributed by atoms with E-state index in [2.05, 4.69) is 5.32 Å². The van der Waals surface area contributed by atoms with Gasteiger partial charge in [0.2, 0.25) is 5.91 Å². The molecule has 0 aliphatic heterocycles. The highest BCUT2D eigenvalue weighted by atomic mass is 19.1. The van der Waals surface area contributed by atoms with Gasteiger partial charge in [0.05, 0.1) is 12.5 Å². The topological polar surface area (TPSA) is 34.0 Å². The van der Waals surface area contributed by atoms with E-state index in [1.54, 1.807) is 12.1 Å². The summed E-state index contributed by atoms with van der Waals surface area (Å²) in [6.45, 7) is 0. The first-order chi connectivity index (χ1) is 11.2. The Morgan fingerprint density at radius 2 is 1.61 bits per heavy atom. The van der Waals surface area contributed by atoms with Gasteiger partial charge in [0.25, 0.3) is 0 Å². The second-order valence-electron chi connectivity index (χ2n) is 5.32. The van der Waals surface area contributed by atoms with Crippen LogP contribution < -0.4 is 5.32 Å². The summed E-state index contributed by atoms with van der Waals surface area (Å²) < 4.78 is 15.1. The smallest absolute Gasteiger partial charge is 0.226 e. The molecule has 0 spiro atoms. The molecule has 0 aliphatic carbocycles. The quantitative estimate of drug-likeness (QED) is 0.751. The van der Waals surface area contributed by atoms with Crippen molar-refractivity contribution in [1.29, 1.82) is 0 Å². The molecule has 116 valence electrons. The van der Waals surface area contributed by atoms with Crippen molar-refractivity contribution in [2.45, 2.75) is 12.5 Å². The molecule has 0 saturated heterocycles. The summed E-state index contributed by atoms with van der Waals surface area (Å²) in [4.78, 5) is 12.4. The molecule has 1 atom stereocenters. The third-order valence-corrected chi connectivity index (χ3v) is 3.68. The fraction of sp³-hybridized carbons (Fsp3) is 0.105. The van der Waals surface area contributed by atoms with Gasteiger partial charge in [0.1, 0.15) is 5.82 Å². The summed E-state index contributed by atoms with van der Waals surface area (Å²) in [5.41, 5.74) is 1.66. The van der Waals surface area contributed by atoms with E-state index in [1.807, 2.05) is 59.4 Å². The third-order valence-electron chi connectivity index (χ3n) is 3.68. The fourth-order valence-corrected chi connectivity index (χ4v) is 2.55. The van der Waals surface area contributed by atoms with Gasteiger partial charge in [-0.15, -0.1) is 0 Å². The zero-order valence-electron chi connectivity index (χ0n) is 12.5. The monoisotopic (exact) mass is 308 g/mol. The number of aromatic nitrogens is 1. The minimum atomic E-state index is -0.284. The van der Waals surface area contributed by atoms with E-state index in [1.165, 1.54) is 12.1 Å². The summed E-state index contributed by atoms with van der Waals surface area (Å²) in [5.74, 6) is -0.368. The molecule has 0 saturated carbocycles. The SMILES string of the molecule is O=C(C[C@@H](c1ccc(F)cc1)n1cccc1)Nc1ccccc1. The maximum Gasteiger partial charge on any atom is 0.226 e. The molecule has 2 aromatic carbocycles. The molecule has 1 aromatic heterocycles. The summed E-state index contributed by atoms with van der Waals surface area (Å²) in [6.07, 6.45) is 4.09. The Labute approximate surface area is 134 Å². The lowest BCUT2D eigenvalue weighted by atomic mass is 10.0. The molecule has 0 unspecified atom stereocenters. The molecule has 1 N–H and O–H groups in total. The molecule has 0 aliphatic rings. The van der Waals surface area contributed by atoms with Gasteiger partial charge in [-0.2, -0.15) is 0 Å². The maximum absolute atomic E-state index is 13.2. The lowest BCUT2D eigenvalue weighted by Crippen LogP contribution is -2.19. The van der Waals surface area contributed by atoms with Gasteiger partial charge >= 0.3 is 0 Å². The molecule has 0 fully saturated rings. The Morgan fingerprint density at radius 1 is 0.957 bits per heavy atom. The van der Waals surface area contributed by atoms with Crippen LogP contribution in [-0.4, -0.2) is 10.5 Å². The van der Waals surface area contributed by atoms with Crippen LogP contribution in [0.2, 0.25) is 0 Å². The number of carbonyl (C=O) groups excluding carboxylic acids is 1. The molecule has 0 bridgehead atoms. The number of rotatable bonds is 5. The van der Waals surface area contributed by atoms with Crippen LogP contribution in [0.1, 0.15) is 18.0 Å². The number of amides is 1. The number of hydrogen-bond acceptors (Lipinski definition) is 1. The lowest BCUT2D eigenvalue weighted by Gasteiger charge is -2.19. The van der Waals surface area contributed by atoms with Crippen molar-refractivity contribution in [3.8, 4) is 0 Å². The van der Waals surface area contributed by atoms with Gasteiger partial charge in [0.15, 0.2) is 0 Å². The van der Waals surface area contributed by atoms with Crippen molar-refractivity contribution < 1.29 is 9.18 Å².